The first-order valence-electron chi connectivity index (χ1n) is 6.47. The van der Waals surface area contributed by atoms with Crippen molar-refractivity contribution < 1.29 is 0 Å². The quantitative estimate of drug-likeness (QED) is 0.818. The molecule has 1 heterocycles. The number of rotatable bonds is 3. The summed E-state index contributed by atoms with van der Waals surface area (Å²) in [5.41, 5.74) is 4.79. The molecule has 1 aliphatic rings. The summed E-state index contributed by atoms with van der Waals surface area (Å²) in [4.78, 5) is 0. The zero-order valence-corrected chi connectivity index (χ0v) is 10.8. The Kier molecular flexibility index (Phi) is 3.34. The van der Waals surface area contributed by atoms with E-state index in [9.17, 15) is 0 Å². The molecule has 0 saturated carbocycles. The summed E-state index contributed by atoms with van der Waals surface area (Å²) in [6.45, 7) is 7.96. The molecule has 0 aliphatic carbocycles. The summed E-state index contributed by atoms with van der Waals surface area (Å²) in [7, 11) is 0. The smallest absolute Gasteiger partial charge is 0.0219 e. The number of hydrogen-bond acceptors (Lipinski definition) is 1. The number of nitrogens with one attached hydrogen (secondary N) is 1. The molecule has 1 saturated heterocycles. The molecule has 1 aromatic rings. The fraction of sp³-hybridized carbons (Fsp3) is 0.600. The highest BCUT2D eigenvalue weighted by atomic mass is 15.0. The van der Waals surface area contributed by atoms with E-state index >= 15 is 0 Å². The third-order valence-electron chi connectivity index (χ3n) is 4.25. The van der Waals surface area contributed by atoms with E-state index in [4.69, 9.17) is 0 Å². The normalized spacial score (nSPS) is 24.9. The Morgan fingerprint density at radius 1 is 1.31 bits per heavy atom. The lowest BCUT2D eigenvalue weighted by atomic mass is 9.85. The van der Waals surface area contributed by atoms with Crippen molar-refractivity contribution in [1.29, 1.82) is 0 Å². The molecule has 0 radical (unpaired) electrons. The molecule has 1 aromatic carbocycles. The van der Waals surface area contributed by atoms with E-state index in [1.165, 1.54) is 48.9 Å². The third-order valence-corrected chi connectivity index (χ3v) is 4.25. The SMILES string of the molecule is CCC1(Cc2cccc(C)c2C)CCCN1. The molecule has 2 rings (SSSR count). The maximum absolute atomic E-state index is 3.71. The van der Waals surface area contributed by atoms with Crippen LogP contribution in [0.2, 0.25) is 0 Å². The second kappa shape index (κ2) is 4.58. The number of aryl methyl sites for hydroxylation is 1. The summed E-state index contributed by atoms with van der Waals surface area (Å²) < 4.78 is 0. The van der Waals surface area contributed by atoms with Crippen LogP contribution in [0, 0.1) is 13.8 Å². The van der Waals surface area contributed by atoms with E-state index in [1.54, 1.807) is 0 Å². The molecule has 1 unspecified atom stereocenters. The monoisotopic (exact) mass is 217 g/mol. The highest BCUT2D eigenvalue weighted by Gasteiger charge is 2.31. The van der Waals surface area contributed by atoms with Crippen molar-refractivity contribution in [3.8, 4) is 0 Å². The molecule has 1 nitrogen and oxygen atoms in total. The van der Waals surface area contributed by atoms with Crippen molar-refractivity contribution in [2.75, 3.05) is 6.54 Å². The Bertz CT molecular complexity index is 362. The zero-order valence-electron chi connectivity index (χ0n) is 10.8. The van der Waals surface area contributed by atoms with Crippen molar-refractivity contribution in [3.05, 3.63) is 34.9 Å². The Morgan fingerprint density at radius 3 is 2.75 bits per heavy atom. The zero-order chi connectivity index (χ0) is 11.6. The van der Waals surface area contributed by atoms with Crippen molar-refractivity contribution >= 4 is 0 Å². The van der Waals surface area contributed by atoms with Gasteiger partial charge in [0.05, 0.1) is 0 Å². The molecule has 1 heteroatoms. The van der Waals surface area contributed by atoms with Gasteiger partial charge in [0.15, 0.2) is 0 Å². The molecule has 1 atom stereocenters. The van der Waals surface area contributed by atoms with E-state index in [0.717, 1.165) is 0 Å². The van der Waals surface area contributed by atoms with Crippen molar-refractivity contribution in [2.45, 2.75) is 52.0 Å². The molecule has 0 amide bonds. The van der Waals surface area contributed by atoms with Gasteiger partial charge < -0.3 is 5.32 Å². The van der Waals surface area contributed by atoms with Gasteiger partial charge in [-0.2, -0.15) is 0 Å². The second-order valence-corrected chi connectivity index (χ2v) is 5.20. The van der Waals surface area contributed by atoms with Crippen LogP contribution in [-0.2, 0) is 6.42 Å². The van der Waals surface area contributed by atoms with Crippen LogP contribution in [0.4, 0.5) is 0 Å². The Hall–Kier alpha value is -0.820. The summed E-state index contributed by atoms with van der Waals surface area (Å²) in [6, 6.07) is 6.69. The average Bonchev–Trinajstić information content (AvgIpc) is 2.74. The van der Waals surface area contributed by atoms with Crippen molar-refractivity contribution in [1.82, 2.24) is 5.32 Å². The van der Waals surface area contributed by atoms with Crippen molar-refractivity contribution in [3.63, 3.8) is 0 Å². The predicted octanol–water partition coefficient (Wildman–Crippen LogP) is 3.38. The first kappa shape index (κ1) is 11.7. The fourth-order valence-electron chi connectivity index (χ4n) is 2.81. The molecule has 1 N–H and O–H groups in total. The minimum Gasteiger partial charge on any atom is -0.311 e. The van der Waals surface area contributed by atoms with E-state index in [1.807, 2.05) is 0 Å². The third kappa shape index (κ3) is 2.15. The van der Waals surface area contributed by atoms with E-state index in [-0.39, 0.29) is 0 Å². The highest BCUT2D eigenvalue weighted by Crippen LogP contribution is 2.28. The van der Waals surface area contributed by atoms with Crippen LogP contribution in [0.15, 0.2) is 18.2 Å². The lowest BCUT2D eigenvalue weighted by molar-refractivity contribution is 0.359. The van der Waals surface area contributed by atoms with Gasteiger partial charge in [-0.15, -0.1) is 0 Å². The first-order valence-corrected chi connectivity index (χ1v) is 6.47. The molecule has 0 spiro atoms. The van der Waals surface area contributed by atoms with Gasteiger partial charge in [-0.05, 0) is 62.8 Å². The van der Waals surface area contributed by atoms with Crippen LogP contribution in [-0.4, -0.2) is 12.1 Å². The lowest BCUT2D eigenvalue weighted by Crippen LogP contribution is -2.41. The molecule has 1 aliphatic heterocycles. The Morgan fingerprint density at radius 2 is 2.12 bits per heavy atom. The van der Waals surface area contributed by atoms with Gasteiger partial charge in [-0.25, -0.2) is 0 Å². The Balaban J connectivity index is 2.22. The molecular weight excluding hydrogens is 194 g/mol. The van der Waals surface area contributed by atoms with Gasteiger partial charge in [0.25, 0.3) is 0 Å². The van der Waals surface area contributed by atoms with Gasteiger partial charge in [0, 0.05) is 5.54 Å². The topological polar surface area (TPSA) is 12.0 Å². The van der Waals surface area contributed by atoms with Gasteiger partial charge in [0.2, 0.25) is 0 Å². The van der Waals surface area contributed by atoms with Crippen molar-refractivity contribution in [2.24, 2.45) is 0 Å². The molecular formula is C15H23N. The molecule has 1 fully saturated rings. The minimum absolute atomic E-state index is 0.374. The molecule has 16 heavy (non-hydrogen) atoms. The molecule has 0 bridgehead atoms. The maximum atomic E-state index is 3.71. The number of benzene rings is 1. The minimum atomic E-state index is 0.374. The highest BCUT2D eigenvalue weighted by molar-refractivity contribution is 5.34. The summed E-state index contributed by atoms with van der Waals surface area (Å²) in [5, 5.41) is 3.71. The standard InChI is InChI=1S/C15H23N/c1-4-15(9-6-10-16-15)11-14-8-5-7-12(2)13(14)3/h5,7-8,16H,4,6,9-11H2,1-3H3. The van der Waals surface area contributed by atoms with Crippen LogP contribution in [0.3, 0.4) is 0 Å². The fourth-order valence-corrected chi connectivity index (χ4v) is 2.81. The van der Waals surface area contributed by atoms with Gasteiger partial charge in [-0.3, -0.25) is 0 Å². The number of hydrogen-bond donors (Lipinski definition) is 1. The van der Waals surface area contributed by atoms with E-state index < -0.39 is 0 Å². The largest absolute Gasteiger partial charge is 0.311 e. The lowest BCUT2D eigenvalue weighted by Gasteiger charge is -2.29. The van der Waals surface area contributed by atoms with Crippen LogP contribution < -0.4 is 5.32 Å². The van der Waals surface area contributed by atoms with Crippen LogP contribution in [0.5, 0.6) is 0 Å². The van der Waals surface area contributed by atoms with Crippen LogP contribution >= 0.6 is 0 Å². The van der Waals surface area contributed by atoms with E-state index in [2.05, 4.69) is 44.3 Å². The van der Waals surface area contributed by atoms with Gasteiger partial charge in [0.1, 0.15) is 0 Å². The first-order chi connectivity index (χ1) is 7.67. The van der Waals surface area contributed by atoms with Crippen LogP contribution in [0.1, 0.15) is 42.9 Å². The van der Waals surface area contributed by atoms with Gasteiger partial charge in [-0.1, -0.05) is 25.1 Å². The average molecular weight is 217 g/mol. The van der Waals surface area contributed by atoms with Gasteiger partial charge >= 0.3 is 0 Å². The van der Waals surface area contributed by atoms with Crippen LogP contribution in [0.25, 0.3) is 0 Å². The van der Waals surface area contributed by atoms with E-state index in [0.29, 0.717) is 5.54 Å². The summed E-state index contributed by atoms with van der Waals surface area (Å²) >= 11 is 0. The summed E-state index contributed by atoms with van der Waals surface area (Å²) in [6.07, 6.45) is 5.09. The molecule has 0 aromatic heterocycles. The predicted molar refractivity (Wildman–Crippen MR) is 69.9 cm³/mol. The molecule has 88 valence electrons. The maximum Gasteiger partial charge on any atom is 0.0219 e. The Labute approximate surface area is 99.3 Å². The summed E-state index contributed by atoms with van der Waals surface area (Å²) in [5.74, 6) is 0. The second-order valence-electron chi connectivity index (χ2n) is 5.20.